The number of terminal acetylenes is 1. The highest BCUT2D eigenvalue weighted by Gasteiger charge is 2.26. The van der Waals surface area contributed by atoms with Gasteiger partial charge in [-0.3, -0.25) is 14.4 Å². The second kappa shape index (κ2) is 13.9. The van der Waals surface area contributed by atoms with Crippen LogP contribution in [0.2, 0.25) is 0 Å². The number of benzene rings is 1. The van der Waals surface area contributed by atoms with Crippen molar-refractivity contribution < 1.29 is 19.5 Å². The Morgan fingerprint density at radius 2 is 1.83 bits per heavy atom. The summed E-state index contributed by atoms with van der Waals surface area (Å²) >= 11 is 0. The van der Waals surface area contributed by atoms with Crippen LogP contribution in [-0.4, -0.2) is 59.1 Å². The van der Waals surface area contributed by atoms with E-state index in [1.165, 1.54) is 0 Å². The van der Waals surface area contributed by atoms with E-state index in [1.807, 2.05) is 37.3 Å². The van der Waals surface area contributed by atoms with Gasteiger partial charge in [0.2, 0.25) is 17.7 Å². The van der Waals surface area contributed by atoms with Crippen LogP contribution in [0, 0.1) is 12.3 Å². The average Bonchev–Trinajstić information content (AvgIpc) is 2.86. The van der Waals surface area contributed by atoms with E-state index in [2.05, 4.69) is 26.9 Å². The van der Waals surface area contributed by atoms with Crippen LogP contribution in [0.15, 0.2) is 30.3 Å². The lowest BCUT2D eigenvalue weighted by Crippen LogP contribution is -2.55. The number of hydrogen-bond donors (Lipinski definition) is 6. The van der Waals surface area contributed by atoms with Gasteiger partial charge in [0.15, 0.2) is 0 Å². The molecular formula is C25H34N6O4. The zero-order chi connectivity index (χ0) is 25.8. The normalized spacial score (nSPS) is 13.3. The molecule has 0 saturated carbocycles. The lowest BCUT2D eigenvalue weighted by atomic mass is 10.1. The van der Waals surface area contributed by atoms with Gasteiger partial charge in [-0.25, -0.2) is 4.98 Å². The number of unbranched alkanes of at least 4 members (excludes halogenated alkanes) is 1. The molecule has 0 unspecified atom stereocenters. The molecule has 188 valence electrons. The number of anilines is 1. The predicted octanol–water partition coefficient (Wildman–Crippen LogP) is 0.373. The van der Waals surface area contributed by atoms with Crippen molar-refractivity contribution in [3.05, 3.63) is 35.9 Å². The summed E-state index contributed by atoms with van der Waals surface area (Å²) in [5.41, 5.74) is 12.6. The number of aliphatic hydroxyl groups excluding tert-OH is 1. The van der Waals surface area contributed by atoms with Gasteiger partial charge in [0, 0.05) is 17.5 Å². The van der Waals surface area contributed by atoms with Gasteiger partial charge in [-0.2, -0.15) is 0 Å². The summed E-state index contributed by atoms with van der Waals surface area (Å²) in [5.74, 6) is 1.53. The van der Waals surface area contributed by atoms with Crippen LogP contribution in [0.1, 0.15) is 44.6 Å². The quantitative estimate of drug-likeness (QED) is 0.167. The monoisotopic (exact) mass is 482 g/mol. The fourth-order valence-corrected chi connectivity index (χ4v) is 3.48. The number of primary amides is 1. The van der Waals surface area contributed by atoms with Gasteiger partial charge in [-0.1, -0.05) is 19.3 Å². The highest BCUT2D eigenvalue weighted by molar-refractivity contribution is 5.92. The van der Waals surface area contributed by atoms with Gasteiger partial charge in [0.05, 0.1) is 12.1 Å². The van der Waals surface area contributed by atoms with Gasteiger partial charge < -0.3 is 32.5 Å². The largest absolute Gasteiger partial charge is 0.394 e. The Balaban J connectivity index is 1.83. The maximum Gasteiger partial charge on any atom is 0.243 e. The van der Waals surface area contributed by atoms with Crippen molar-refractivity contribution in [2.45, 2.75) is 57.2 Å². The second-order valence-corrected chi connectivity index (χ2v) is 8.27. The molecule has 0 aliphatic heterocycles. The number of amides is 3. The zero-order valence-corrected chi connectivity index (χ0v) is 19.9. The summed E-state index contributed by atoms with van der Waals surface area (Å²) in [5, 5.41) is 18.4. The van der Waals surface area contributed by atoms with Crippen LogP contribution < -0.4 is 27.4 Å². The van der Waals surface area contributed by atoms with Crippen LogP contribution in [-0.2, 0) is 14.4 Å². The van der Waals surface area contributed by atoms with E-state index in [1.54, 1.807) is 0 Å². The molecular weight excluding hydrogens is 448 g/mol. The Hall–Kier alpha value is -3.68. The second-order valence-electron chi connectivity index (χ2n) is 8.27. The van der Waals surface area contributed by atoms with Crippen molar-refractivity contribution in [2.75, 3.05) is 18.5 Å². The Morgan fingerprint density at radius 3 is 2.49 bits per heavy atom. The molecule has 10 heteroatoms. The number of aromatic nitrogens is 1. The molecule has 0 bridgehead atoms. The number of carbonyl (C=O) groups is 3. The molecule has 0 aliphatic rings. The lowest BCUT2D eigenvalue weighted by molar-refractivity contribution is -0.132. The zero-order valence-electron chi connectivity index (χ0n) is 19.9. The third kappa shape index (κ3) is 8.55. The van der Waals surface area contributed by atoms with Gasteiger partial charge in [0.25, 0.3) is 0 Å². The first kappa shape index (κ1) is 27.6. The fourth-order valence-electron chi connectivity index (χ4n) is 3.48. The lowest BCUT2D eigenvalue weighted by Gasteiger charge is -2.22. The summed E-state index contributed by atoms with van der Waals surface area (Å²) in [6, 6.07) is 6.58. The summed E-state index contributed by atoms with van der Waals surface area (Å²) in [4.78, 5) is 41.0. The molecule has 3 amide bonds. The maximum atomic E-state index is 12.6. The summed E-state index contributed by atoms with van der Waals surface area (Å²) in [6.45, 7) is 1.94. The molecule has 0 aliphatic carbocycles. The molecule has 1 heterocycles. The fraction of sp³-hybridized carbons (Fsp3) is 0.440. The van der Waals surface area contributed by atoms with Crippen LogP contribution >= 0.6 is 0 Å². The van der Waals surface area contributed by atoms with E-state index >= 15 is 0 Å². The molecule has 3 atom stereocenters. The molecule has 8 N–H and O–H groups in total. The van der Waals surface area contributed by atoms with Crippen molar-refractivity contribution in [1.82, 2.24) is 15.6 Å². The van der Waals surface area contributed by atoms with E-state index in [0.717, 1.165) is 28.7 Å². The molecule has 1 aromatic heterocycles. The molecule has 2 aromatic rings. The maximum absolute atomic E-state index is 12.6. The standard InChI is InChI=1S/C25H34N6O4/c1-3-7-21(31-24(34)18(26)15-32)25(35)30-20(23(27)33)8-5-6-13-28-22-12-10-17-14-16(4-2)9-11-19(17)29-22/h2,9-12,14,18,20-21,32H,3,5-8,13,15,26H2,1H3,(H2,27,33)(H,28,29)(H,30,35)(H,31,34)/t18-,20-,21-/m0/s1. The molecule has 0 fully saturated rings. The number of fused-ring (bicyclic) bond motifs is 1. The van der Waals surface area contributed by atoms with E-state index in [0.29, 0.717) is 32.2 Å². The molecule has 35 heavy (non-hydrogen) atoms. The predicted molar refractivity (Wildman–Crippen MR) is 135 cm³/mol. The summed E-state index contributed by atoms with van der Waals surface area (Å²) in [6.07, 6.45) is 8.10. The number of nitrogens with two attached hydrogens (primary N) is 2. The third-order valence-corrected chi connectivity index (χ3v) is 5.49. The Kier molecular flexibility index (Phi) is 10.9. The van der Waals surface area contributed by atoms with Crippen molar-refractivity contribution in [1.29, 1.82) is 0 Å². The van der Waals surface area contributed by atoms with E-state index in [-0.39, 0.29) is 0 Å². The van der Waals surface area contributed by atoms with Crippen LogP contribution in [0.3, 0.4) is 0 Å². The van der Waals surface area contributed by atoms with Crippen LogP contribution in [0.4, 0.5) is 5.82 Å². The number of rotatable bonds is 14. The van der Waals surface area contributed by atoms with Crippen molar-refractivity contribution in [3.8, 4) is 12.3 Å². The minimum atomic E-state index is -1.13. The first-order valence-electron chi connectivity index (χ1n) is 11.7. The van der Waals surface area contributed by atoms with Crippen molar-refractivity contribution in [2.24, 2.45) is 11.5 Å². The molecule has 1 aromatic carbocycles. The Labute approximate surface area is 205 Å². The van der Waals surface area contributed by atoms with E-state index in [9.17, 15) is 14.4 Å². The first-order chi connectivity index (χ1) is 16.8. The third-order valence-electron chi connectivity index (χ3n) is 5.49. The minimum Gasteiger partial charge on any atom is -0.394 e. The highest BCUT2D eigenvalue weighted by atomic mass is 16.3. The van der Waals surface area contributed by atoms with E-state index in [4.69, 9.17) is 23.0 Å². The van der Waals surface area contributed by atoms with Crippen molar-refractivity contribution in [3.63, 3.8) is 0 Å². The van der Waals surface area contributed by atoms with Gasteiger partial charge in [0.1, 0.15) is 23.9 Å². The molecule has 0 radical (unpaired) electrons. The Morgan fingerprint density at radius 1 is 1.09 bits per heavy atom. The van der Waals surface area contributed by atoms with Crippen LogP contribution in [0.5, 0.6) is 0 Å². The number of aliphatic hydroxyl groups is 1. The summed E-state index contributed by atoms with van der Waals surface area (Å²) in [7, 11) is 0. The van der Waals surface area contributed by atoms with Gasteiger partial charge >= 0.3 is 0 Å². The smallest absolute Gasteiger partial charge is 0.243 e. The van der Waals surface area contributed by atoms with E-state index < -0.39 is 42.5 Å². The van der Waals surface area contributed by atoms with Crippen LogP contribution in [0.25, 0.3) is 10.9 Å². The number of hydrogen-bond acceptors (Lipinski definition) is 7. The SMILES string of the molecule is C#Cc1ccc2nc(NCCCC[C@H](NC(=O)[C@H](CCC)NC(=O)[C@@H](N)CO)C(N)=O)ccc2c1. The number of nitrogens with one attached hydrogen (secondary N) is 3. The molecule has 0 saturated heterocycles. The van der Waals surface area contributed by atoms with Gasteiger partial charge in [-0.15, -0.1) is 6.42 Å². The number of nitrogens with zero attached hydrogens (tertiary/aromatic N) is 1. The summed E-state index contributed by atoms with van der Waals surface area (Å²) < 4.78 is 0. The van der Waals surface area contributed by atoms with Gasteiger partial charge in [-0.05, 0) is 56.0 Å². The number of carbonyl (C=O) groups excluding carboxylic acids is 3. The molecule has 0 spiro atoms. The van der Waals surface area contributed by atoms with Crippen molar-refractivity contribution >= 4 is 34.4 Å². The topological polar surface area (TPSA) is 172 Å². The molecule has 2 rings (SSSR count). The highest BCUT2D eigenvalue weighted by Crippen LogP contribution is 2.17. The minimum absolute atomic E-state index is 0.353. The first-order valence-corrected chi connectivity index (χ1v) is 11.7. The number of pyridine rings is 1. The average molecular weight is 483 g/mol. The Bertz CT molecular complexity index is 1070. The molecule has 10 nitrogen and oxygen atoms in total.